The number of nitrogens with two attached hydrogens (primary N) is 1. The molecule has 0 aromatic carbocycles. The molecular weight excluding hydrogens is 258 g/mol. The van der Waals surface area contributed by atoms with Gasteiger partial charge in [0.1, 0.15) is 10.8 Å². The number of rotatable bonds is 4. The summed E-state index contributed by atoms with van der Waals surface area (Å²) in [5, 5.41) is 4.16. The van der Waals surface area contributed by atoms with E-state index in [0.717, 1.165) is 22.6 Å². The fraction of sp³-hybridized carbons (Fsp3) is 0.308. The Morgan fingerprint density at radius 2 is 2.21 bits per heavy atom. The Hall–Kier alpha value is -1.95. The van der Waals surface area contributed by atoms with Gasteiger partial charge < -0.3 is 10.6 Å². The highest BCUT2D eigenvalue weighted by molar-refractivity contribution is 7.80. The topological polar surface area (TPSA) is 60.0 Å². The number of hydrogen-bond acceptors (Lipinski definition) is 4. The van der Waals surface area contributed by atoms with Gasteiger partial charge >= 0.3 is 0 Å². The van der Waals surface area contributed by atoms with E-state index in [0.29, 0.717) is 11.5 Å². The first-order valence-electron chi connectivity index (χ1n) is 5.93. The second-order valence-electron chi connectivity index (χ2n) is 4.57. The fourth-order valence-electron chi connectivity index (χ4n) is 1.93. The summed E-state index contributed by atoms with van der Waals surface area (Å²) in [7, 11) is 3.87. The van der Waals surface area contributed by atoms with Crippen LogP contribution in [0.2, 0.25) is 0 Å². The molecule has 5 nitrogen and oxygen atoms in total. The Balaban J connectivity index is 2.29. The van der Waals surface area contributed by atoms with Crippen molar-refractivity contribution in [2.45, 2.75) is 13.5 Å². The number of thiocarbonyl (C=S) groups is 1. The predicted octanol–water partition coefficient (Wildman–Crippen LogP) is 1.39. The average Bonchev–Trinajstić information content (AvgIpc) is 2.74. The molecule has 2 aromatic rings. The van der Waals surface area contributed by atoms with E-state index in [2.05, 4.69) is 10.1 Å². The second-order valence-corrected chi connectivity index (χ2v) is 5.01. The van der Waals surface area contributed by atoms with Gasteiger partial charge in [0.2, 0.25) is 0 Å². The van der Waals surface area contributed by atoms with Crippen LogP contribution in [0.4, 0.5) is 5.82 Å². The van der Waals surface area contributed by atoms with Crippen molar-refractivity contribution < 1.29 is 0 Å². The van der Waals surface area contributed by atoms with E-state index in [-0.39, 0.29) is 0 Å². The van der Waals surface area contributed by atoms with Gasteiger partial charge in [0, 0.05) is 38.1 Å². The first-order valence-corrected chi connectivity index (χ1v) is 6.34. The minimum absolute atomic E-state index is 0.362. The average molecular weight is 275 g/mol. The van der Waals surface area contributed by atoms with E-state index >= 15 is 0 Å². The Morgan fingerprint density at radius 3 is 2.79 bits per heavy atom. The number of anilines is 1. The Kier molecular flexibility index (Phi) is 3.80. The quantitative estimate of drug-likeness (QED) is 0.855. The van der Waals surface area contributed by atoms with Crippen LogP contribution in [-0.4, -0.2) is 26.8 Å². The van der Waals surface area contributed by atoms with Crippen LogP contribution in [0.3, 0.4) is 0 Å². The van der Waals surface area contributed by atoms with E-state index < -0.39 is 0 Å². The van der Waals surface area contributed by atoms with Crippen LogP contribution < -0.4 is 10.6 Å². The molecule has 0 unspecified atom stereocenters. The van der Waals surface area contributed by atoms with E-state index in [1.54, 1.807) is 4.68 Å². The maximum Gasteiger partial charge on any atom is 0.139 e. The van der Waals surface area contributed by atoms with Crippen LogP contribution in [0.1, 0.15) is 16.8 Å². The molecule has 0 amide bonds. The molecule has 0 spiro atoms. The minimum atomic E-state index is 0.362. The monoisotopic (exact) mass is 275 g/mol. The summed E-state index contributed by atoms with van der Waals surface area (Å²) >= 11 is 5.08. The molecule has 19 heavy (non-hydrogen) atoms. The van der Waals surface area contributed by atoms with Gasteiger partial charge in [0.25, 0.3) is 0 Å². The highest BCUT2D eigenvalue weighted by Gasteiger charge is 2.12. The largest absolute Gasteiger partial charge is 0.389 e. The second kappa shape index (κ2) is 5.36. The third-order valence-corrected chi connectivity index (χ3v) is 3.04. The van der Waals surface area contributed by atoms with Gasteiger partial charge in [-0.25, -0.2) is 4.98 Å². The molecule has 2 aromatic heterocycles. The molecule has 2 rings (SSSR count). The van der Waals surface area contributed by atoms with Crippen LogP contribution in [0.5, 0.6) is 0 Å². The SMILES string of the molecule is Cc1ccc(C(N)=S)c(N(C)Cc2cnn(C)c2)n1. The molecule has 0 bridgehead atoms. The van der Waals surface area contributed by atoms with Crippen molar-refractivity contribution >= 4 is 23.0 Å². The molecule has 0 atom stereocenters. The Labute approximate surface area is 118 Å². The van der Waals surface area contributed by atoms with Gasteiger partial charge in [0.15, 0.2) is 0 Å². The lowest BCUT2D eigenvalue weighted by molar-refractivity contribution is 0.766. The molecule has 0 aliphatic carbocycles. The molecule has 0 saturated carbocycles. The summed E-state index contributed by atoms with van der Waals surface area (Å²) in [5.41, 5.74) is 8.60. The van der Waals surface area contributed by atoms with Crippen molar-refractivity contribution in [3.8, 4) is 0 Å². The van der Waals surface area contributed by atoms with Crippen LogP contribution in [0.15, 0.2) is 24.5 Å². The van der Waals surface area contributed by atoms with Gasteiger partial charge in [-0.2, -0.15) is 5.10 Å². The molecule has 2 heterocycles. The zero-order chi connectivity index (χ0) is 14.0. The van der Waals surface area contributed by atoms with Crippen LogP contribution in [-0.2, 0) is 13.6 Å². The van der Waals surface area contributed by atoms with E-state index in [1.165, 1.54) is 0 Å². The maximum absolute atomic E-state index is 5.75. The zero-order valence-corrected chi connectivity index (χ0v) is 12.1. The highest BCUT2D eigenvalue weighted by Crippen LogP contribution is 2.19. The summed E-state index contributed by atoms with van der Waals surface area (Å²) in [4.78, 5) is 6.92. The zero-order valence-electron chi connectivity index (χ0n) is 11.3. The summed E-state index contributed by atoms with van der Waals surface area (Å²) < 4.78 is 1.78. The molecule has 6 heteroatoms. The summed E-state index contributed by atoms with van der Waals surface area (Å²) in [6.45, 7) is 2.66. The lowest BCUT2D eigenvalue weighted by Gasteiger charge is -2.20. The third-order valence-electron chi connectivity index (χ3n) is 2.82. The number of aryl methyl sites for hydroxylation is 2. The lowest BCUT2D eigenvalue weighted by atomic mass is 10.2. The van der Waals surface area contributed by atoms with Crippen LogP contribution in [0.25, 0.3) is 0 Å². The molecule has 0 aliphatic rings. The molecule has 2 N–H and O–H groups in total. The minimum Gasteiger partial charge on any atom is -0.389 e. The fourth-order valence-corrected chi connectivity index (χ4v) is 2.09. The van der Waals surface area contributed by atoms with E-state index in [1.807, 2.05) is 50.4 Å². The first kappa shape index (κ1) is 13.5. The number of aromatic nitrogens is 3. The van der Waals surface area contributed by atoms with Crippen molar-refractivity contribution in [1.29, 1.82) is 0 Å². The van der Waals surface area contributed by atoms with Gasteiger partial charge in [-0.05, 0) is 19.1 Å². The van der Waals surface area contributed by atoms with E-state index in [9.17, 15) is 0 Å². The number of pyridine rings is 1. The summed E-state index contributed by atoms with van der Waals surface area (Å²) in [6.07, 6.45) is 3.82. The van der Waals surface area contributed by atoms with Gasteiger partial charge in [-0.1, -0.05) is 12.2 Å². The molecule has 0 fully saturated rings. The van der Waals surface area contributed by atoms with Crippen molar-refractivity contribution in [3.63, 3.8) is 0 Å². The Bertz CT molecular complexity index is 605. The third kappa shape index (κ3) is 3.08. The lowest BCUT2D eigenvalue weighted by Crippen LogP contribution is -2.23. The molecule has 0 aliphatic heterocycles. The normalized spacial score (nSPS) is 10.5. The van der Waals surface area contributed by atoms with E-state index in [4.69, 9.17) is 18.0 Å². The number of nitrogens with zero attached hydrogens (tertiary/aromatic N) is 4. The van der Waals surface area contributed by atoms with Crippen molar-refractivity contribution in [2.24, 2.45) is 12.8 Å². The van der Waals surface area contributed by atoms with Gasteiger partial charge in [-0.3, -0.25) is 4.68 Å². The predicted molar refractivity (Wildman–Crippen MR) is 80.2 cm³/mol. The molecule has 0 saturated heterocycles. The van der Waals surface area contributed by atoms with Gasteiger partial charge in [0.05, 0.1) is 11.8 Å². The highest BCUT2D eigenvalue weighted by atomic mass is 32.1. The van der Waals surface area contributed by atoms with Crippen molar-refractivity contribution in [2.75, 3.05) is 11.9 Å². The molecule has 0 radical (unpaired) electrons. The smallest absolute Gasteiger partial charge is 0.139 e. The molecular formula is C13H17N5S. The molecule has 100 valence electrons. The number of hydrogen-bond donors (Lipinski definition) is 1. The van der Waals surface area contributed by atoms with Crippen LogP contribution >= 0.6 is 12.2 Å². The Morgan fingerprint density at radius 1 is 1.47 bits per heavy atom. The summed E-state index contributed by atoms with van der Waals surface area (Å²) in [6, 6.07) is 3.83. The standard InChI is InChI=1S/C13H17N5S/c1-9-4-5-11(12(14)19)13(16-9)17(2)7-10-6-15-18(3)8-10/h4-6,8H,7H2,1-3H3,(H2,14,19). The van der Waals surface area contributed by atoms with Gasteiger partial charge in [-0.15, -0.1) is 0 Å². The van der Waals surface area contributed by atoms with Crippen molar-refractivity contribution in [3.05, 3.63) is 41.3 Å². The summed E-state index contributed by atoms with van der Waals surface area (Å²) in [5.74, 6) is 0.802. The van der Waals surface area contributed by atoms with Crippen LogP contribution in [0, 0.1) is 6.92 Å². The first-order chi connectivity index (χ1) is 8.97. The maximum atomic E-state index is 5.75. The van der Waals surface area contributed by atoms with Crippen molar-refractivity contribution in [1.82, 2.24) is 14.8 Å².